The first-order valence-electron chi connectivity index (χ1n) is 5.11. The van der Waals surface area contributed by atoms with Crippen molar-refractivity contribution in [3.05, 3.63) is 29.8 Å². The lowest BCUT2D eigenvalue weighted by atomic mass is 10.2. The van der Waals surface area contributed by atoms with Crippen molar-refractivity contribution < 1.29 is 29.7 Å². The van der Waals surface area contributed by atoms with Gasteiger partial charge in [-0.15, -0.1) is 0 Å². The number of nitrogen functional groups attached to an aromatic ring is 1. The largest absolute Gasteiger partial charge is 0.507 e. The Morgan fingerprint density at radius 2 is 1.53 bits per heavy atom. The van der Waals surface area contributed by atoms with Crippen molar-refractivity contribution in [2.75, 3.05) is 0 Å². The summed E-state index contributed by atoms with van der Waals surface area (Å²) in [6.45, 7) is 0. The maximum absolute atomic E-state index is 10.8. The molecule has 0 heterocycles. The number of amides is 1. The second kappa shape index (κ2) is 8.48. The van der Waals surface area contributed by atoms with Crippen LogP contribution in [0.1, 0.15) is 23.2 Å². The Bertz CT molecular complexity index is 446. The van der Waals surface area contributed by atoms with Gasteiger partial charge in [0.1, 0.15) is 5.75 Å². The van der Waals surface area contributed by atoms with E-state index in [4.69, 9.17) is 21.2 Å². The Hall–Kier alpha value is -2.61. The summed E-state index contributed by atoms with van der Waals surface area (Å²) in [5, 5.41) is 24.9. The molecule has 1 rings (SSSR count). The molecule has 0 radical (unpaired) electrons. The van der Waals surface area contributed by atoms with E-state index in [0.29, 0.717) is 0 Å². The van der Waals surface area contributed by atoms with Gasteiger partial charge in [-0.3, -0.25) is 19.8 Å². The van der Waals surface area contributed by atoms with Crippen molar-refractivity contribution in [2.24, 2.45) is 5.84 Å². The van der Waals surface area contributed by atoms with Crippen LogP contribution in [0.15, 0.2) is 24.3 Å². The Morgan fingerprint density at radius 1 is 1.05 bits per heavy atom. The molecule has 0 spiro atoms. The molecule has 0 aliphatic rings. The van der Waals surface area contributed by atoms with Gasteiger partial charge in [0.05, 0.1) is 18.4 Å². The van der Waals surface area contributed by atoms with Crippen LogP contribution in [-0.2, 0) is 9.59 Å². The average molecular weight is 270 g/mol. The van der Waals surface area contributed by atoms with E-state index in [0.717, 1.165) is 0 Å². The van der Waals surface area contributed by atoms with Gasteiger partial charge >= 0.3 is 11.9 Å². The summed E-state index contributed by atoms with van der Waals surface area (Å²) in [6.07, 6.45) is -0.593. The van der Waals surface area contributed by atoms with Crippen LogP contribution in [0, 0.1) is 0 Å². The number of aromatic hydroxyl groups is 1. The highest BCUT2D eigenvalue weighted by Crippen LogP contribution is 2.14. The molecule has 0 aliphatic heterocycles. The van der Waals surface area contributed by atoms with Crippen molar-refractivity contribution in [2.45, 2.75) is 12.8 Å². The van der Waals surface area contributed by atoms with E-state index in [1.165, 1.54) is 12.1 Å². The highest BCUT2D eigenvalue weighted by molar-refractivity contribution is 5.96. The normalized spacial score (nSPS) is 8.89. The molecular formula is C11H14N2O6. The first-order valence-corrected chi connectivity index (χ1v) is 5.11. The first-order chi connectivity index (χ1) is 8.88. The number of phenols is 1. The Balaban J connectivity index is 0.000000362. The molecule has 8 heteroatoms. The van der Waals surface area contributed by atoms with Gasteiger partial charge in [0.2, 0.25) is 0 Å². The van der Waals surface area contributed by atoms with Crippen molar-refractivity contribution in [1.82, 2.24) is 5.43 Å². The van der Waals surface area contributed by atoms with E-state index in [2.05, 4.69) is 0 Å². The van der Waals surface area contributed by atoms with Crippen LogP contribution in [0.2, 0.25) is 0 Å². The van der Waals surface area contributed by atoms with Crippen molar-refractivity contribution >= 4 is 17.8 Å². The standard InChI is InChI=1S/C7H8N2O2.C4H6O4/c8-9-7(11)5-3-1-2-4-6(5)10;5-3(6)1-2-4(7)8/h1-4,10H,8H2,(H,9,11);1-2H2,(H,5,6)(H,7,8). The fourth-order valence-electron chi connectivity index (χ4n) is 0.957. The summed E-state index contributed by atoms with van der Waals surface area (Å²) in [4.78, 5) is 30.1. The number of phenolic OH excluding ortho intramolecular Hbond substituents is 1. The number of carbonyl (C=O) groups is 3. The molecule has 1 aromatic carbocycles. The molecule has 8 nitrogen and oxygen atoms in total. The third-order valence-corrected chi connectivity index (χ3v) is 1.83. The summed E-state index contributed by atoms with van der Waals surface area (Å²) in [5.41, 5.74) is 2.10. The molecule has 0 atom stereocenters. The summed E-state index contributed by atoms with van der Waals surface area (Å²) in [7, 11) is 0. The number of hydrogen-bond donors (Lipinski definition) is 5. The highest BCUT2D eigenvalue weighted by atomic mass is 16.4. The number of benzene rings is 1. The van der Waals surface area contributed by atoms with Crippen LogP contribution >= 0.6 is 0 Å². The van der Waals surface area contributed by atoms with E-state index in [1.54, 1.807) is 12.1 Å². The molecule has 0 unspecified atom stereocenters. The minimum Gasteiger partial charge on any atom is -0.507 e. The van der Waals surface area contributed by atoms with Crippen LogP contribution in [0.4, 0.5) is 0 Å². The molecule has 0 saturated carbocycles. The lowest BCUT2D eigenvalue weighted by molar-refractivity contribution is -0.143. The predicted molar refractivity (Wildman–Crippen MR) is 64.3 cm³/mol. The van der Waals surface area contributed by atoms with Gasteiger partial charge < -0.3 is 15.3 Å². The number of nitrogens with two attached hydrogens (primary N) is 1. The Labute approximate surface area is 108 Å². The number of hydrazine groups is 1. The fourth-order valence-corrected chi connectivity index (χ4v) is 0.957. The van der Waals surface area contributed by atoms with Crippen LogP contribution in [-0.4, -0.2) is 33.2 Å². The number of carboxylic acids is 2. The van der Waals surface area contributed by atoms with Gasteiger partial charge in [0.15, 0.2) is 0 Å². The molecule has 1 aromatic rings. The fraction of sp³-hybridized carbons (Fsp3) is 0.182. The smallest absolute Gasteiger partial charge is 0.303 e. The molecule has 0 saturated heterocycles. The number of carbonyl (C=O) groups excluding carboxylic acids is 1. The monoisotopic (exact) mass is 270 g/mol. The van der Waals surface area contributed by atoms with Crippen molar-refractivity contribution in [3.8, 4) is 5.75 Å². The van der Waals surface area contributed by atoms with E-state index in [1.807, 2.05) is 5.43 Å². The third-order valence-electron chi connectivity index (χ3n) is 1.83. The first kappa shape index (κ1) is 16.4. The average Bonchev–Trinajstić information content (AvgIpc) is 2.37. The highest BCUT2D eigenvalue weighted by Gasteiger charge is 2.06. The molecule has 0 aromatic heterocycles. The summed E-state index contributed by atoms with van der Waals surface area (Å²) >= 11 is 0. The minimum absolute atomic E-state index is 0.0737. The zero-order valence-electron chi connectivity index (χ0n) is 9.87. The summed E-state index contributed by atoms with van der Waals surface area (Å²) in [5.74, 6) is 2.14. The number of carboxylic acid groups (broad SMARTS) is 2. The third kappa shape index (κ3) is 7.34. The summed E-state index contributed by atoms with van der Waals surface area (Å²) in [6, 6.07) is 6.18. The zero-order chi connectivity index (χ0) is 14.8. The van der Waals surface area contributed by atoms with E-state index in [-0.39, 0.29) is 24.2 Å². The predicted octanol–water partition coefficient (Wildman–Crippen LogP) is -0.0685. The maximum atomic E-state index is 10.8. The van der Waals surface area contributed by atoms with E-state index >= 15 is 0 Å². The molecule has 19 heavy (non-hydrogen) atoms. The second-order valence-electron chi connectivity index (χ2n) is 3.28. The Kier molecular flexibility index (Phi) is 7.31. The number of aliphatic carboxylic acids is 2. The zero-order valence-corrected chi connectivity index (χ0v) is 9.87. The molecular weight excluding hydrogens is 256 g/mol. The SMILES string of the molecule is NNC(=O)c1ccccc1O.O=C(O)CCC(=O)O. The van der Waals surface area contributed by atoms with Gasteiger partial charge in [-0.25, -0.2) is 5.84 Å². The lowest BCUT2D eigenvalue weighted by Gasteiger charge is -2.00. The van der Waals surface area contributed by atoms with Crippen LogP contribution in [0.5, 0.6) is 5.75 Å². The van der Waals surface area contributed by atoms with E-state index < -0.39 is 17.8 Å². The van der Waals surface area contributed by atoms with Gasteiger partial charge in [-0.05, 0) is 12.1 Å². The molecule has 1 amide bonds. The minimum atomic E-state index is -1.08. The van der Waals surface area contributed by atoms with Gasteiger partial charge in [-0.1, -0.05) is 12.1 Å². The molecule has 6 N–H and O–H groups in total. The topological polar surface area (TPSA) is 150 Å². The molecule has 0 fully saturated rings. The number of nitrogens with one attached hydrogen (secondary N) is 1. The number of para-hydroxylation sites is 1. The van der Waals surface area contributed by atoms with Crippen LogP contribution < -0.4 is 11.3 Å². The van der Waals surface area contributed by atoms with Crippen molar-refractivity contribution in [1.29, 1.82) is 0 Å². The molecule has 0 bridgehead atoms. The summed E-state index contributed by atoms with van der Waals surface area (Å²) < 4.78 is 0. The van der Waals surface area contributed by atoms with Gasteiger partial charge in [0.25, 0.3) is 5.91 Å². The Morgan fingerprint density at radius 3 is 1.89 bits per heavy atom. The molecule has 0 aliphatic carbocycles. The van der Waals surface area contributed by atoms with Crippen LogP contribution in [0.25, 0.3) is 0 Å². The second-order valence-corrected chi connectivity index (χ2v) is 3.28. The van der Waals surface area contributed by atoms with Gasteiger partial charge in [-0.2, -0.15) is 0 Å². The van der Waals surface area contributed by atoms with Crippen molar-refractivity contribution in [3.63, 3.8) is 0 Å². The van der Waals surface area contributed by atoms with E-state index in [9.17, 15) is 14.4 Å². The number of rotatable bonds is 4. The molecule has 104 valence electrons. The quantitative estimate of drug-likeness (QED) is 0.292. The lowest BCUT2D eigenvalue weighted by Crippen LogP contribution is -2.29. The van der Waals surface area contributed by atoms with Gasteiger partial charge in [0, 0.05) is 0 Å². The van der Waals surface area contributed by atoms with Crippen LogP contribution in [0.3, 0.4) is 0 Å². The number of hydrogen-bond acceptors (Lipinski definition) is 5. The maximum Gasteiger partial charge on any atom is 0.303 e.